The molecule has 7 nitrogen and oxygen atoms in total. The molecule has 0 spiro atoms. The fourth-order valence-electron chi connectivity index (χ4n) is 3.31. The fourth-order valence-corrected chi connectivity index (χ4v) is 3.31. The van der Waals surface area contributed by atoms with E-state index >= 15 is 0 Å². The highest BCUT2D eigenvalue weighted by molar-refractivity contribution is 5.73. The number of carboxylic acid groups (broad SMARTS) is 2. The molecule has 0 saturated carbocycles. The second kappa shape index (κ2) is 12.0. The summed E-state index contributed by atoms with van der Waals surface area (Å²) in [5.41, 5.74) is 1.47. The van der Waals surface area contributed by atoms with Crippen LogP contribution in [-0.4, -0.2) is 82.8 Å². The van der Waals surface area contributed by atoms with Gasteiger partial charge in [0.1, 0.15) is 0 Å². The Morgan fingerprint density at radius 1 is 0.875 bits per heavy atom. The molecule has 3 rings (SSSR count). The lowest BCUT2D eigenvalue weighted by Gasteiger charge is -2.37. The SMILES string of the molecule is O=C(O)C(F)(F)F.O=C(O)C(F)(F)F.O[C@H]1CNC[C@@H]1N1CCC(c2ccccc2)CC1. The van der Waals surface area contributed by atoms with Gasteiger partial charge in [0.25, 0.3) is 0 Å². The third kappa shape index (κ3) is 9.40. The van der Waals surface area contributed by atoms with Gasteiger partial charge >= 0.3 is 24.3 Å². The van der Waals surface area contributed by atoms with E-state index in [0.29, 0.717) is 12.0 Å². The number of aliphatic carboxylic acids is 2. The van der Waals surface area contributed by atoms with Crippen molar-refractivity contribution in [1.82, 2.24) is 10.2 Å². The summed E-state index contributed by atoms with van der Waals surface area (Å²) in [6.45, 7) is 3.92. The maximum atomic E-state index is 10.6. The first kappa shape index (κ1) is 27.7. The van der Waals surface area contributed by atoms with Crippen LogP contribution in [0.3, 0.4) is 0 Å². The first-order valence-corrected chi connectivity index (χ1v) is 9.51. The monoisotopic (exact) mass is 474 g/mol. The van der Waals surface area contributed by atoms with Gasteiger partial charge in [0.15, 0.2) is 0 Å². The number of aliphatic hydroxyl groups is 1. The highest BCUT2D eigenvalue weighted by Gasteiger charge is 2.39. The third-order valence-electron chi connectivity index (χ3n) is 4.91. The summed E-state index contributed by atoms with van der Waals surface area (Å²) in [6.07, 6.45) is -7.92. The quantitative estimate of drug-likeness (QED) is 0.488. The van der Waals surface area contributed by atoms with E-state index in [9.17, 15) is 31.4 Å². The van der Waals surface area contributed by atoms with Crippen LogP contribution in [0.1, 0.15) is 24.3 Å². The summed E-state index contributed by atoms with van der Waals surface area (Å²) in [7, 11) is 0. The molecule has 0 unspecified atom stereocenters. The number of aliphatic hydroxyl groups excluding tert-OH is 1. The molecule has 0 bridgehead atoms. The number of nitrogens with zero attached hydrogens (tertiary/aromatic N) is 1. The van der Waals surface area contributed by atoms with E-state index < -0.39 is 24.3 Å². The first-order valence-electron chi connectivity index (χ1n) is 9.51. The molecule has 13 heteroatoms. The topological polar surface area (TPSA) is 110 Å². The van der Waals surface area contributed by atoms with Crippen molar-refractivity contribution in [2.75, 3.05) is 26.2 Å². The number of nitrogens with one attached hydrogen (secondary N) is 1. The number of piperidine rings is 1. The standard InChI is InChI=1S/C15H22N2O.2C2HF3O2/c18-15-11-16-10-14(15)17-8-6-13(7-9-17)12-4-2-1-3-5-12;2*3-2(4,5)1(6)7/h1-5,13-16,18H,6-11H2;2*(H,6,7)/t14-,15-;;/m0../s1. The van der Waals surface area contributed by atoms with Crippen LogP contribution in [0, 0.1) is 0 Å². The third-order valence-corrected chi connectivity index (χ3v) is 4.91. The van der Waals surface area contributed by atoms with Crippen LogP contribution in [0.15, 0.2) is 30.3 Å². The molecule has 1 aromatic carbocycles. The molecule has 0 amide bonds. The summed E-state index contributed by atoms with van der Waals surface area (Å²) in [6, 6.07) is 11.2. The Bertz CT molecular complexity index is 697. The average molecular weight is 474 g/mol. The maximum absolute atomic E-state index is 10.6. The largest absolute Gasteiger partial charge is 0.490 e. The zero-order valence-electron chi connectivity index (χ0n) is 16.7. The van der Waals surface area contributed by atoms with Gasteiger partial charge < -0.3 is 20.6 Å². The predicted molar refractivity (Wildman–Crippen MR) is 100 cm³/mol. The van der Waals surface area contributed by atoms with Crippen molar-refractivity contribution >= 4 is 11.9 Å². The highest BCUT2D eigenvalue weighted by Crippen LogP contribution is 2.29. The van der Waals surface area contributed by atoms with Crippen molar-refractivity contribution in [3.8, 4) is 0 Å². The first-order chi connectivity index (χ1) is 14.7. The molecule has 0 aromatic heterocycles. The second-order valence-electron chi connectivity index (χ2n) is 7.12. The van der Waals surface area contributed by atoms with E-state index in [4.69, 9.17) is 19.8 Å². The fraction of sp³-hybridized carbons (Fsp3) is 0.579. The van der Waals surface area contributed by atoms with Gasteiger partial charge in [-0.25, -0.2) is 9.59 Å². The van der Waals surface area contributed by atoms with E-state index in [1.165, 1.54) is 18.4 Å². The number of carboxylic acids is 2. The Morgan fingerprint density at radius 2 is 1.31 bits per heavy atom. The molecule has 2 aliphatic rings. The van der Waals surface area contributed by atoms with Crippen LogP contribution < -0.4 is 5.32 Å². The van der Waals surface area contributed by atoms with Crippen LogP contribution in [-0.2, 0) is 9.59 Å². The molecular formula is C19H24F6N2O5. The number of hydrogen-bond acceptors (Lipinski definition) is 5. The molecule has 2 atom stereocenters. The number of benzene rings is 1. The number of β-amino-alcohol motifs (C(OH)–C–C–N with tert-alkyl or cyclic N) is 1. The minimum absolute atomic E-state index is 0.182. The van der Waals surface area contributed by atoms with Gasteiger partial charge in [-0.3, -0.25) is 4.90 Å². The highest BCUT2D eigenvalue weighted by atomic mass is 19.4. The minimum atomic E-state index is -5.08. The molecule has 2 saturated heterocycles. The lowest BCUT2D eigenvalue weighted by atomic mass is 9.89. The van der Waals surface area contributed by atoms with Crippen LogP contribution >= 0.6 is 0 Å². The Labute approximate surface area is 179 Å². The normalized spacial score (nSPS) is 22.2. The van der Waals surface area contributed by atoms with Gasteiger partial charge in [-0.1, -0.05) is 30.3 Å². The predicted octanol–water partition coefficient (Wildman–Crippen LogP) is 2.47. The summed E-state index contributed by atoms with van der Waals surface area (Å²) in [5.74, 6) is -4.81. The van der Waals surface area contributed by atoms with E-state index in [1.807, 2.05) is 0 Å². The minimum Gasteiger partial charge on any atom is -0.475 e. The van der Waals surface area contributed by atoms with E-state index in [2.05, 4.69) is 40.5 Å². The lowest BCUT2D eigenvalue weighted by molar-refractivity contribution is -0.193. The molecule has 0 aliphatic carbocycles. The molecule has 2 fully saturated rings. The van der Waals surface area contributed by atoms with E-state index in [1.54, 1.807) is 0 Å². The van der Waals surface area contributed by atoms with E-state index in [-0.39, 0.29) is 6.10 Å². The molecule has 0 radical (unpaired) electrons. The zero-order chi connectivity index (χ0) is 24.5. The molecule has 32 heavy (non-hydrogen) atoms. The number of alkyl halides is 6. The number of rotatable bonds is 2. The number of likely N-dealkylation sites (tertiary alicyclic amines) is 1. The van der Waals surface area contributed by atoms with Gasteiger partial charge in [0, 0.05) is 19.1 Å². The summed E-state index contributed by atoms with van der Waals surface area (Å²) < 4.78 is 63.5. The van der Waals surface area contributed by atoms with Gasteiger partial charge in [0.05, 0.1) is 6.10 Å². The molecule has 1 aromatic rings. The van der Waals surface area contributed by atoms with Gasteiger partial charge in [-0.05, 0) is 37.4 Å². The van der Waals surface area contributed by atoms with Crippen LogP contribution in [0.25, 0.3) is 0 Å². The maximum Gasteiger partial charge on any atom is 0.490 e. The summed E-state index contributed by atoms with van der Waals surface area (Å²) >= 11 is 0. The van der Waals surface area contributed by atoms with Crippen molar-refractivity contribution in [1.29, 1.82) is 0 Å². The van der Waals surface area contributed by atoms with Crippen LogP contribution in [0.4, 0.5) is 26.3 Å². The van der Waals surface area contributed by atoms with Gasteiger partial charge in [-0.2, -0.15) is 26.3 Å². The molecular weight excluding hydrogens is 450 g/mol. The van der Waals surface area contributed by atoms with Crippen molar-refractivity contribution in [3.05, 3.63) is 35.9 Å². The Kier molecular flexibility index (Phi) is 10.4. The van der Waals surface area contributed by atoms with Gasteiger partial charge in [0.2, 0.25) is 0 Å². The number of halogens is 6. The zero-order valence-corrected chi connectivity index (χ0v) is 16.7. The van der Waals surface area contributed by atoms with Crippen LogP contribution in [0.5, 0.6) is 0 Å². The van der Waals surface area contributed by atoms with Crippen molar-refractivity contribution in [2.24, 2.45) is 0 Å². The number of carbonyl (C=O) groups is 2. The molecule has 2 aliphatic heterocycles. The molecule has 182 valence electrons. The number of hydrogen-bond donors (Lipinski definition) is 4. The Hall–Kier alpha value is -2.38. The average Bonchev–Trinajstić information content (AvgIpc) is 3.14. The van der Waals surface area contributed by atoms with Gasteiger partial charge in [-0.15, -0.1) is 0 Å². The Morgan fingerprint density at radius 3 is 1.66 bits per heavy atom. The summed E-state index contributed by atoms with van der Waals surface area (Å²) in [4.78, 5) is 20.3. The molecule has 2 heterocycles. The smallest absolute Gasteiger partial charge is 0.475 e. The van der Waals surface area contributed by atoms with Crippen molar-refractivity contribution in [3.63, 3.8) is 0 Å². The second-order valence-corrected chi connectivity index (χ2v) is 7.12. The van der Waals surface area contributed by atoms with E-state index in [0.717, 1.165) is 26.2 Å². The van der Waals surface area contributed by atoms with Crippen molar-refractivity contribution < 1.29 is 51.3 Å². The van der Waals surface area contributed by atoms with Crippen LogP contribution in [0.2, 0.25) is 0 Å². The Balaban J connectivity index is 0.000000305. The van der Waals surface area contributed by atoms with Crippen molar-refractivity contribution in [2.45, 2.75) is 43.3 Å². The molecule has 4 N–H and O–H groups in total. The lowest BCUT2D eigenvalue weighted by Crippen LogP contribution is -2.46. The summed E-state index contributed by atoms with van der Waals surface area (Å²) in [5, 5.41) is 27.4.